The molecule has 0 radical (unpaired) electrons. The highest BCUT2D eigenvalue weighted by molar-refractivity contribution is 4.80. The Labute approximate surface area is 110 Å². The number of unbranched alkanes of at least 4 members (excludes halogenated alkanes) is 5. The van der Waals surface area contributed by atoms with E-state index in [4.69, 9.17) is 5.73 Å². The van der Waals surface area contributed by atoms with Gasteiger partial charge in [0.2, 0.25) is 0 Å². The monoisotopic (exact) mass is 241 g/mol. The Morgan fingerprint density at radius 1 is 0.647 bits per heavy atom. The van der Waals surface area contributed by atoms with Crippen LogP contribution in [0.4, 0.5) is 0 Å². The molecule has 0 aliphatic heterocycles. The van der Waals surface area contributed by atoms with E-state index >= 15 is 0 Å². The van der Waals surface area contributed by atoms with Gasteiger partial charge in [-0.2, -0.15) is 0 Å². The molecule has 0 fully saturated rings. The molecule has 2 N–H and O–H groups in total. The topological polar surface area (TPSA) is 26.0 Å². The van der Waals surface area contributed by atoms with Crippen molar-refractivity contribution < 1.29 is 0 Å². The minimum absolute atomic E-state index is 0.473. The van der Waals surface area contributed by atoms with E-state index in [9.17, 15) is 0 Å². The van der Waals surface area contributed by atoms with Gasteiger partial charge in [0.25, 0.3) is 0 Å². The first-order valence-corrected chi connectivity index (χ1v) is 7.94. The summed E-state index contributed by atoms with van der Waals surface area (Å²) in [6.07, 6.45) is 14.9. The predicted octanol–water partition coefficient (Wildman–Crippen LogP) is 5.28. The van der Waals surface area contributed by atoms with Crippen molar-refractivity contribution in [1.29, 1.82) is 0 Å². The molecule has 0 saturated carbocycles. The molecule has 0 rings (SSSR count). The van der Waals surface area contributed by atoms with E-state index in [0.29, 0.717) is 5.41 Å². The Balaban J connectivity index is 4.17. The van der Waals surface area contributed by atoms with Crippen molar-refractivity contribution in [1.82, 2.24) is 0 Å². The molecule has 0 aromatic carbocycles. The summed E-state index contributed by atoms with van der Waals surface area (Å²) in [6, 6.07) is 0. The third kappa shape index (κ3) is 7.81. The summed E-state index contributed by atoms with van der Waals surface area (Å²) in [5.74, 6) is 0. The quantitative estimate of drug-likeness (QED) is 0.462. The van der Waals surface area contributed by atoms with Crippen LogP contribution in [0.5, 0.6) is 0 Å². The second-order valence-electron chi connectivity index (χ2n) is 5.72. The molecule has 0 aliphatic rings. The van der Waals surface area contributed by atoms with Crippen LogP contribution < -0.4 is 5.73 Å². The van der Waals surface area contributed by atoms with E-state index in [1.54, 1.807) is 0 Å². The first kappa shape index (κ1) is 17.0. The highest BCUT2D eigenvalue weighted by Gasteiger charge is 2.26. The van der Waals surface area contributed by atoms with Crippen LogP contribution in [0.2, 0.25) is 0 Å². The van der Waals surface area contributed by atoms with Crippen LogP contribution in [0, 0.1) is 5.41 Å². The van der Waals surface area contributed by atoms with Crippen LogP contribution in [-0.4, -0.2) is 6.54 Å². The lowest BCUT2D eigenvalue weighted by atomic mass is 9.74. The summed E-state index contributed by atoms with van der Waals surface area (Å²) in [6.45, 7) is 7.76. The summed E-state index contributed by atoms with van der Waals surface area (Å²) in [4.78, 5) is 0. The van der Waals surface area contributed by atoms with Crippen molar-refractivity contribution in [3.8, 4) is 0 Å². The molecule has 1 heteroatoms. The highest BCUT2D eigenvalue weighted by Crippen LogP contribution is 2.35. The van der Waals surface area contributed by atoms with Crippen LogP contribution in [-0.2, 0) is 0 Å². The van der Waals surface area contributed by atoms with Crippen LogP contribution in [0.25, 0.3) is 0 Å². The van der Waals surface area contributed by atoms with E-state index in [-0.39, 0.29) is 0 Å². The number of hydrogen-bond acceptors (Lipinski definition) is 1. The average molecular weight is 241 g/mol. The van der Waals surface area contributed by atoms with Gasteiger partial charge in [0.05, 0.1) is 0 Å². The van der Waals surface area contributed by atoms with Crippen LogP contribution in [0.1, 0.15) is 91.4 Å². The summed E-state index contributed by atoms with van der Waals surface area (Å²) >= 11 is 0. The summed E-state index contributed by atoms with van der Waals surface area (Å²) in [7, 11) is 0. The Kier molecular flexibility index (Phi) is 11.0. The van der Waals surface area contributed by atoms with Gasteiger partial charge in [-0.1, -0.05) is 72.1 Å². The molecule has 0 aromatic rings. The molecule has 17 heavy (non-hydrogen) atoms. The lowest BCUT2D eigenvalue weighted by molar-refractivity contribution is 0.207. The van der Waals surface area contributed by atoms with Gasteiger partial charge in [-0.3, -0.25) is 0 Å². The Hall–Kier alpha value is -0.0400. The first-order chi connectivity index (χ1) is 8.24. The zero-order valence-corrected chi connectivity index (χ0v) is 12.6. The minimum Gasteiger partial charge on any atom is -0.330 e. The number of rotatable bonds is 12. The molecule has 0 atom stereocenters. The fourth-order valence-corrected chi connectivity index (χ4v) is 2.73. The van der Waals surface area contributed by atoms with E-state index < -0.39 is 0 Å². The number of hydrogen-bond donors (Lipinski definition) is 1. The number of nitrogens with two attached hydrogens (primary N) is 1. The van der Waals surface area contributed by atoms with Gasteiger partial charge in [-0.15, -0.1) is 0 Å². The Morgan fingerprint density at radius 3 is 1.41 bits per heavy atom. The van der Waals surface area contributed by atoms with E-state index in [0.717, 1.165) is 6.54 Å². The van der Waals surface area contributed by atoms with E-state index in [2.05, 4.69) is 20.8 Å². The lowest BCUT2D eigenvalue weighted by Crippen LogP contribution is -2.30. The maximum absolute atomic E-state index is 6.11. The zero-order chi connectivity index (χ0) is 13.0. The summed E-state index contributed by atoms with van der Waals surface area (Å²) in [5.41, 5.74) is 6.59. The largest absolute Gasteiger partial charge is 0.330 e. The van der Waals surface area contributed by atoms with Gasteiger partial charge < -0.3 is 5.73 Å². The molecule has 0 aliphatic carbocycles. The maximum atomic E-state index is 6.11. The third-order valence-corrected chi connectivity index (χ3v) is 4.11. The van der Waals surface area contributed by atoms with Crippen LogP contribution in [0.3, 0.4) is 0 Å². The van der Waals surface area contributed by atoms with Crippen molar-refractivity contribution in [2.24, 2.45) is 11.1 Å². The van der Waals surface area contributed by atoms with Crippen LogP contribution >= 0.6 is 0 Å². The van der Waals surface area contributed by atoms with Crippen molar-refractivity contribution in [2.75, 3.05) is 6.54 Å². The van der Waals surface area contributed by atoms with Crippen molar-refractivity contribution in [2.45, 2.75) is 91.4 Å². The van der Waals surface area contributed by atoms with Crippen molar-refractivity contribution in [3.05, 3.63) is 0 Å². The lowest BCUT2D eigenvalue weighted by Gasteiger charge is -2.33. The SMILES string of the molecule is CCCCCC(CN)(CCCC)CCCCC. The fraction of sp³-hybridized carbons (Fsp3) is 1.00. The molecular formula is C16H35N. The second-order valence-corrected chi connectivity index (χ2v) is 5.72. The fourth-order valence-electron chi connectivity index (χ4n) is 2.73. The van der Waals surface area contributed by atoms with Gasteiger partial charge >= 0.3 is 0 Å². The molecule has 1 nitrogen and oxygen atoms in total. The van der Waals surface area contributed by atoms with E-state index in [1.807, 2.05) is 0 Å². The molecule has 0 bridgehead atoms. The van der Waals surface area contributed by atoms with Crippen LogP contribution in [0.15, 0.2) is 0 Å². The standard InChI is InChI=1S/C16H35N/c1-4-7-10-13-16(15-17,12-9-6-3)14-11-8-5-2/h4-15,17H2,1-3H3. The third-order valence-electron chi connectivity index (χ3n) is 4.11. The minimum atomic E-state index is 0.473. The van der Waals surface area contributed by atoms with Gasteiger partial charge in [0.1, 0.15) is 0 Å². The molecule has 0 saturated heterocycles. The van der Waals surface area contributed by atoms with E-state index in [1.165, 1.54) is 70.6 Å². The predicted molar refractivity (Wildman–Crippen MR) is 79.3 cm³/mol. The Bertz CT molecular complexity index is 144. The molecule has 0 spiro atoms. The zero-order valence-electron chi connectivity index (χ0n) is 12.6. The van der Waals surface area contributed by atoms with Gasteiger partial charge in [-0.25, -0.2) is 0 Å². The molecular weight excluding hydrogens is 206 g/mol. The molecule has 0 unspecified atom stereocenters. The Morgan fingerprint density at radius 2 is 1.06 bits per heavy atom. The average Bonchev–Trinajstić information content (AvgIpc) is 2.36. The van der Waals surface area contributed by atoms with Crippen molar-refractivity contribution in [3.63, 3.8) is 0 Å². The molecule has 104 valence electrons. The normalized spacial score (nSPS) is 12.0. The van der Waals surface area contributed by atoms with Gasteiger partial charge in [0.15, 0.2) is 0 Å². The molecule has 0 amide bonds. The highest BCUT2D eigenvalue weighted by atomic mass is 14.6. The molecule has 0 heterocycles. The molecule has 0 aromatic heterocycles. The van der Waals surface area contributed by atoms with Gasteiger partial charge in [0, 0.05) is 0 Å². The smallest absolute Gasteiger partial charge is 0.00205 e. The summed E-state index contributed by atoms with van der Waals surface area (Å²) in [5, 5.41) is 0. The first-order valence-electron chi connectivity index (χ1n) is 7.94. The second kappa shape index (κ2) is 11.1. The van der Waals surface area contributed by atoms with Gasteiger partial charge in [-0.05, 0) is 31.2 Å². The summed E-state index contributed by atoms with van der Waals surface area (Å²) < 4.78 is 0. The van der Waals surface area contributed by atoms with Crippen molar-refractivity contribution >= 4 is 0 Å². The maximum Gasteiger partial charge on any atom is -0.00205 e.